The van der Waals surface area contributed by atoms with E-state index in [2.05, 4.69) is 77.9 Å². The maximum absolute atomic E-state index is 3.27. The lowest BCUT2D eigenvalue weighted by atomic mass is 10.2. The fourth-order valence-corrected chi connectivity index (χ4v) is 1.91. The van der Waals surface area contributed by atoms with Gasteiger partial charge in [-0.1, -0.05) is 12.1 Å². The summed E-state index contributed by atoms with van der Waals surface area (Å²) in [5.41, 5.74) is 2.39. The first-order valence-corrected chi connectivity index (χ1v) is 6.51. The average molecular weight is 415 g/mol. The molecule has 0 saturated heterocycles. The fraction of sp³-hybridized carbons (Fsp3) is 0.400. The van der Waals surface area contributed by atoms with E-state index in [1.165, 1.54) is 5.69 Å². The number of hydrogen-bond donors (Lipinski definition) is 0. The Morgan fingerprint density at radius 2 is 1.86 bits per heavy atom. The Kier molecular flexibility index (Phi) is 5.29. The van der Waals surface area contributed by atoms with Gasteiger partial charge in [0.2, 0.25) is 0 Å². The summed E-state index contributed by atoms with van der Waals surface area (Å²) in [6, 6.07) is 9.39. The second-order valence-corrected chi connectivity index (χ2v) is 5.09. The minimum absolute atomic E-state index is 0.988. The highest BCUT2D eigenvalue weighted by Gasteiger charge is 2.10. The van der Waals surface area contributed by atoms with Crippen LogP contribution in [0.4, 0.5) is 11.4 Å². The van der Waals surface area contributed by atoms with Crippen LogP contribution in [0, 0.1) is 6.07 Å². The molecule has 14 heavy (non-hydrogen) atoms. The molecule has 1 aromatic rings. The van der Waals surface area contributed by atoms with Gasteiger partial charge in [0.05, 0.1) is 57.1 Å². The van der Waals surface area contributed by atoms with E-state index in [0.717, 1.165) is 18.8 Å². The summed E-state index contributed by atoms with van der Waals surface area (Å²) in [6.07, 6.45) is 0. The van der Waals surface area contributed by atoms with Crippen molar-refractivity contribution in [2.45, 2.75) is 13.8 Å². The molecule has 2 nitrogen and oxygen atoms in total. The van der Waals surface area contributed by atoms with Gasteiger partial charge in [-0.05, 0) is 19.9 Å². The first-order chi connectivity index (χ1) is 6.70. The Hall–Kier alpha value is 0.280. The van der Waals surface area contributed by atoms with E-state index in [9.17, 15) is 0 Å². The highest BCUT2D eigenvalue weighted by atomic mass is 127. The van der Waals surface area contributed by atoms with E-state index < -0.39 is 0 Å². The minimum Gasteiger partial charge on any atom is -0.313 e. The first-order valence-electron chi connectivity index (χ1n) is 4.58. The summed E-state index contributed by atoms with van der Waals surface area (Å²) in [5.74, 6) is 0. The molecule has 0 heterocycles. The molecule has 0 amide bonds. The summed E-state index contributed by atoms with van der Waals surface area (Å²) in [5, 5.41) is 0. The smallest absolute Gasteiger partial charge is 0.0778 e. The van der Waals surface area contributed by atoms with Crippen LogP contribution in [0.2, 0.25) is 0 Å². The van der Waals surface area contributed by atoms with Gasteiger partial charge >= 0.3 is 0 Å². The minimum atomic E-state index is 0.988. The Bertz CT molecular complexity index is 262. The van der Waals surface area contributed by atoms with Crippen LogP contribution in [-0.2, 0) is 0 Å². The van der Waals surface area contributed by atoms with Crippen molar-refractivity contribution in [2.75, 3.05) is 19.3 Å². The van der Waals surface area contributed by atoms with Crippen molar-refractivity contribution in [1.82, 2.24) is 0 Å². The van der Waals surface area contributed by atoms with Crippen LogP contribution in [0.3, 0.4) is 0 Å². The van der Waals surface area contributed by atoms with E-state index in [-0.39, 0.29) is 0 Å². The monoisotopic (exact) mass is 415 g/mol. The van der Waals surface area contributed by atoms with Crippen LogP contribution in [0.5, 0.6) is 0 Å². The Morgan fingerprint density at radius 1 is 1.21 bits per heavy atom. The Labute approximate surface area is 114 Å². The molecule has 0 aliphatic carbocycles. The van der Waals surface area contributed by atoms with Gasteiger partial charge in [-0.2, -0.15) is 0 Å². The van der Waals surface area contributed by atoms with Crippen molar-refractivity contribution in [2.24, 2.45) is 0 Å². The lowest BCUT2D eigenvalue weighted by Gasteiger charge is -2.22. The molecule has 77 valence electrons. The van der Waals surface area contributed by atoms with E-state index >= 15 is 0 Å². The van der Waals surface area contributed by atoms with Crippen molar-refractivity contribution < 1.29 is 0 Å². The van der Waals surface area contributed by atoms with Gasteiger partial charge in [0.25, 0.3) is 0 Å². The van der Waals surface area contributed by atoms with Crippen LogP contribution < -0.4 is 6.23 Å². The predicted molar refractivity (Wildman–Crippen MR) is 79.4 cm³/mol. The molecule has 0 unspecified atom stereocenters. The van der Waals surface area contributed by atoms with Crippen molar-refractivity contribution in [1.29, 1.82) is 0 Å². The third kappa shape index (κ3) is 2.88. The van der Waals surface area contributed by atoms with E-state index in [1.54, 1.807) is 0 Å². The van der Waals surface area contributed by atoms with Crippen LogP contribution in [0.25, 0.3) is 0 Å². The van der Waals surface area contributed by atoms with Crippen molar-refractivity contribution >= 4 is 57.1 Å². The van der Waals surface area contributed by atoms with Crippen molar-refractivity contribution in [3.63, 3.8) is 0 Å². The topological polar surface area (TPSA) is 6.48 Å². The fourth-order valence-electron chi connectivity index (χ4n) is 1.14. The summed E-state index contributed by atoms with van der Waals surface area (Å²) in [7, 11) is 0. The van der Waals surface area contributed by atoms with Crippen molar-refractivity contribution in [3.8, 4) is 0 Å². The lowest BCUT2D eigenvalue weighted by molar-refractivity contribution is 1.10. The van der Waals surface area contributed by atoms with Gasteiger partial charge in [0.1, 0.15) is 0 Å². The molecule has 0 fully saturated rings. The van der Waals surface area contributed by atoms with E-state index in [0.29, 0.717) is 0 Å². The van der Waals surface area contributed by atoms with Crippen LogP contribution in [0.1, 0.15) is 13.8 Å². The second kappa shape index (κ2) is 5.99. The maximum atomic E-state index is 3.27. The molecular formula is C10H13I2N2. The standard InChI is InChI=1S/C10H13I2N2/c1-3-13(11)9-7-5-6-8-10(9)14(12)4-2/h5-7H,3-4H2,1-2H3. The van der Waals surface area contributed by atoms with Gasteiger partial charge in [0.15, 0.2) is 0 Å². The summed E-state index contributed by atoms with van der Waals surface area (Å²) in [6.45, 7) is 6.27. The predicted octanol–water partition coefficient (Wildman–Crippen LogP) is 3.84. The molecule has 4 heteroatoms. The molecule has 1 rings (SSSR count). The van der Waals surface area contributed by atoms with Gasteiger partial charge in [-0.25, -0.2) is 0 Å². The molecule has 0 aliphatic heterocycles. The average Bonchev–Trinajstić information content (AvgIpc) is 2.27. The van der Waals surface area contributed by atoms with E-state index in [1.807, 2.05) is 12.1 Å². The third-order valence-electron chi connectivity index (χ3n) is 1.87. The molecular weight excluding hydrogens is 402 g/mol. The molecule has 0 saturated carbocycles. The quantitative estimate of drug-likeness (QED) is 0.545. The van der Waals surface area contributed by atoms with Crippen LogP contribution in [0.15, 0.2) is 18.2 Å². The number of nitrogens with zero attached hydrogens (tertiary/aromatic N) is 2. The Morgan fingerprint density at radius 3 is 2.43 bits per heavy atom. The Balaban J connectivity index is 3.02. The van der Waals surface area contributed by atoms with Crippen LogP contribution >= 0.6 is 45.7 Å². The molecule has 1 radical (unpaired) electrons. The number of anilines is 2. The van der Waals surface area contributed by atoms with E-state index in [4.69, 9.17) is 0 Å². The van der Waals surface area contributed by atoms with Crippen LogP contribution in [-0.4, -0.2) is 13.1 Å². The zero-order chi connectivity index (χ0) is 10.6. The number of benzene rings is 1. The first kappa shape index (κ1) is 12.4. The highest BCUT2D eigenvalue weighted by Crippen LogP contribution is 2.32. The van der Waals surface area contributed by atoms with Gasteiger partial charge in [-0.15, -0.1) is 0 Å². The molecule has 0 N–H and O–H groups in total. The number of rotatable bonds is 4. The largest absolute Gasteiger partial charge is 0.313 e. The maximum Gasteiger partial charge on any atom is 0.0778 e. The molecule has 0 spiro atoms. The molecule has 0 bridgehead atoms. The normalized spacial score (nSPS) is 10.0. The second-order valence-electron chi connectivity index (χ2n) is 2.76. The zero-order valence-corrected chi connectivity index (χ0v) is 12.6. The van der Waals surface area contributed by atoms with Gasteiger partial charge in [0, 0.05) is 19.2 Å². The summed E-state index contributed by atoms with van der Waals surface area (Å²) in [4.78, 5) is 0. The highest BCUT2D eigenvalue weighted by molar-refractivity contribution is 14.1. The van der Waals surface area contributed by atoms with Gasteiger partial charge < -0.3 is 6.23 Å². The summed E-state index contributed by atoms with van der Waals surface area (Å²) < 4.78 is 4.37. The number of para-hydroxylation sites is 1. The summed E-state index contributed by atoms with van der Waals surface area (Å²) >= 11 is 4.65. The van der Waals surface area contributed by atoms with Crippen molar-refractivity contribution in [3.05, 3.63) is 24.3 Å². The molecule has 0 aliphatic rings. The third-order valence-corrected chi connectivity index (χ3v) is 4.24. The number of hydrogen-bond acceptors (Lipinski definition) is 2. The molecule has 0 atom stereocenters. The number of halogens is 2. The molecule has 1 aromatic carbocycles. The zero-order valence-electron chi connectivity index (χ0n) is 8.30. The SMILES string of the molecule is CCN(I)c1[c]cccc1N(I)CC. The lowest BCUT2D eigenvalue weighted by Crippen LogP contribution is -2.14. The van der Waals surface area contributed by atoms with Gasteiger partial charge in [-0.3, -0.25) is 0 Å². The molecule has 0 aromatic heterocycles.